The van der Waals surface area contributed by atoms with E-state index in [1.54, 1.807) is 30.4 Å². The van der Waals surface area contributed by atoms with Gasteiger partial charge >= 0.3 is 0 Å². The van der Waals surface area contributed by atoms with Crippen LogP contribution in [0, 0.1) is 0 Å². The van der Waals surface area contributed by atoms with E-state index in [0.717, 1.165) is 11.1 Å². The summed E-state index contributed by atoms with van der Waals surface area (Å²) in [4.78, 5) is 20.5. The van der Waals surface area contributed by atoms with E-state index in [1.165, 1.54) is 12.4 Å². The third-order valence-corrected chi connectivity index (χ3v) is 3.93. The highest BCUT2D eigenvalue weighted by Crippen LogP contribution is 2.29. The smallest absolute Gasteiger partial charge is 0.244 e. The lowest BCUT2D eigenvalue weighted by atomic mass is 10.2. The minimum atomic E-state index is -0.222. The Kier molecular flexibility index (Phi) is 6.57. The number of nitrogens with zero attached hydrogens (tertiary/aromatic N) is 4. The van der Waals surface area contributed by atoms with E-state index in [9.17, 15) is 4.79 Å². The van der Waals surface area contributed by atoms with Crippen molar-refractivity contribution < 1.29 is 14.3 Å². The van der Waals surface area contributed by atoms with Gasteiger partial charge in [-0.05, 0) is 43.7 Å². The third kappa shape index (κ3) is 5.41. The average Bonchev–Trinajstić information content (AvgIpc) is 3.26. The van der Waals surface area contributed by atoms with Crippen LogP contribution in [0.25, 0.3) is 11.9 Å². The van der Waals surface area contributed by atoms with Crippen LogP contribution < -0.4 is 14.8 Å². The first-order valence-electron chi connectivity index (χ1n) is 9.16. The Morgan fingerprint density at radius 2 is 2.14 bits per heavy atom. The van der Waals surface area contributed by atoms with Crippen molar-refractivity contribution in [3.8, 4) is 17.3 Å². The molecule has 0 saturated carbocycles. The number of pyridine rings is 1. The number of carbonyl (C=O) groups is 1. The Balaban J connectivity index is 1.64. The van der Waals surface area contributed by atoms with Crippen LogP contribution >= 0.6 is 0 Å². The van der Waals surface area contributed by atoms with Gasteiger partial charge in [-0.1, -0.05) is 12.1 Å². The molecule has 0 aliphatic heterocycles. The van der Waals surface area contributed by atoms with Crippen LogP contribution in [-0.4, -0.2) is 38.9 Å². The lowest BCUT2D eigenvalue weighted by Crippen LogP contribution is -2.21. The first kappa shape index (κ1) is 20.1. The van der Waals surface area contributed by atoms with Gasteiger partial charge in [0.05, 0.1) is 13.2 Å². The van der Waals surface area contributed by atoms with Crippen molar-refractivity contribution >= 4 is 12.0 Å². The summed E-state index contributed by atoms with van der Waals surface area (Å²) >= 11 is 0. The molecule has 0 spiro atoms. The van der Waals surface area contributed by atoms with Gasteiger partial charge in [0.25, 0.3) is 0 Å². The van der Waals surface area contributed by atoms with Gasteiger partial charge in [0.15, 0.2) is 17.3 Å². The van der Waals surface area contributed by atoms with Crippen molar-refractivity contribution in [2.24, 2.45) is 0 Å². The van der Waals surface area contributed by atoms with E-state index >= 15 is 0 Å². The molecule has 3 aromatic rings. The van der Waals surface area contributed by atoms with Crippen molar-refractivity contribution in [3.05, 3.63) is 66.4 Å². The molecule has 0 saturated heterocycles. The molecule has 8 nitrogen and oxygen atoms in total. The zero-order valence-electron chi connectivity index (χ0n) is 16.6. The topological polar surface area (TPSA) is 91.2 Å². The van der Waals surface area contributed by atoms with E-state index in [4.69, 9.17) is 9.47 Å². The zero-order chi connectivity index (χ0) is 20.6. The summed E-state index contributed by atoms with van der Waals surface area (Å²) in [6, 6.07) is 9.22. The van der Waals surface area contributed by atoms with Crippen LogP contribution in [0.4, 0.5) is 0 Å². The molecule has 0 aliphatic carbocycles. The molecule has 1 aromatic carbocycles. The van der Waals surface area contributed by atoms with E-state index < -0.39 is 0 Å². The SMILES string of the molecule is COc1cc(/C=C/C(=O)NCc2cccnc2-n2cncn2)ccc1OC(C)C. The first-order valence-corrected chi connectivity index (χ1v) is 9.16. The maximum absolute atomic E-state index is 12.2. The van der Waals surface area contributed by atoms with E-state index in [0.29, 0.717) is 23.9 Å². The number of amides is 1. The summed E-state index contributed by atoms with van der Waals surface area (Å²) in [5.41, 5.74) is 1.66. The molecule has 8 heteroatoms. The van der Waals surface area contributed by atoms with Crippen molar-refractivity contribution in [1.82, 2.24) is 25.1 Å². The number of nitrogens with one attached hydrogen (secondary N) is 1. The number of rotatable bonds is 8. The molecule has 1 N–H and O–H groups in total. The van der Waals surface area contributed by atoms with Crippen molar-refractivity contribution in [2.45, 2.75) is 26.5 Å². The Morgan fingerprint density at radius 3 is 2.86 bits per heavy atom. The fraction of sp³-hybridized carbons (Fsp3) is 0.238. The second kappa shape index (κ2) is 9.50. The van der Waals surface area contributed by atoms with Crippen molar-refractivity contribution in [2.75, 3.05) is 7.11 Å². The molecule has 0 fully saturated rings. The summed E-state index contributed by atoms with van der Waals surface area (Å²) < 4.78 is 12.6. The third-order valence-electron chi connectivity index (χ3n) is 3.93. The molecular formula is C21H23N5O3. The molecule has 3 rings (SSSR count). The van der Waals surface area contributed by atoms with Gasteiger partial charge in [0.2, 0.25) is 5.91 Å². The normalized spacial score (nSPS) is 11.0. The highest BCUT2D eigenvalue weighted by atomic mass is 16.5. The number of hydrogen-bond acceptors (Lipinski definition) is 6. The molecule has 29 heavy (non-hydrogen) atoms. The summed E-state index contributed by atoms with van der Waals surface area (Å²) in [5, 5.41) is 6.94. The summed E-state index contributed by atoms with van der Waals surface area (Å²) in [6.45, 7) is 4.22. The van der Waals surface area contributed by atoms with Gasteiger partial charge in [0, 0.05) is 24.4 Å². The first-order chi connectivity index (χ1) is 14.1. The second-order valence-corrected chi connectivity index (χ2v) is 6.45. The molecule has 1 amide bonds. The fourth-order valence-electron chi connectivity index (χ4n) is 2.64. The average molecular weight is 393 g/mol. The zero-order valence-corrected chi connectivity index (χ0v) is 16.6. The van der Waals surface area contributed by atoms with Gasteiger partial charge in [0.1, 0.15) is 12.7 Å². The van der Waals surface area contributed by atoms with Crippen LogP contribution in [0.1, 0.15) is 25.0 Å². The lowest BCUT2D eigenvalue weighted by molar-refractivity contribution is -0.116. The number of aromatic nitrogens is 4. The molecule has 0 atom stereocenters. The molecule has 0 bridgehead atoms. The molecule has 2 heterocycles. The van der Waals surface area contributed by atoms with Gasteiger partial charge in [-0.15, -0.1) is 0 Å². The fourth-order valence-corrected chi connectivity index (χ4v) is 2.64. The van der Waals surface area contributed by atoms with Gasteiger partial charge < -0.3 is 14.8 Å². The molecule has 150 valence electrons. The number of methoxy groups -OCH3 is 1. The van der Waals surface area contributed by atoms with Crippen LogP contribution in [0.3, 0.4) is 0 Å². The minimum absolute atomic E-state index is 0.0472. The van der Waals surface area contributed by atoms with E-state index in [-0.39, 0.29) is 12.0 Å². The van der Waals surface area contributed by atoms with Crippen molar-refractivity contribution in [1.29, 1.82) is 0 Å². The van der Waals surface area contributed by atoms with Crippen molar-refractivity contribution in [3.63, 3.8) is 0 Å². The van der Waals surface area contributed by atoms with Gasteiger partial charge in [-0.3, -0.25) is 4.79 Å². The van der Waals surface area contributed by atoms with Gasteiger partial charge in [-0.2, -0.15) is 5.10 Å². The second-order valence-electron chi connectivity index (χ2n) is 6.45. The molecule has 0 aliphatic rings. The van der Waals surface area contributed by atoms with Crippen LogP contribution in [-0.2, 0) is 11.3 Å². The highest BCUT2D eigenvalue weighted by molar-refractivity contribution is 5.91. The standard InChI is InChI=1S/C21H23N5O3/c1-15(2)29-18-8-6-16(11-19(18)28-3)7-9-20(27)24-12-17-5-4-10-23-21(17)26-14-22-13-25-26/h4-11,13-15H,12H2,1-3H3,(H,24,27)/b9-7+. The summed E-state index contributed by atoms with van der Waals surface area (Å²) in [6.07, 6.45) is 7.91. The highest BCUT2D eigenvalue weighted by Gasteiger charge is 2.08. The van der Waals surface area contributed by atoms with Crippen LogP contribution in [0.2, 0.25) is 0 Å². The molecule has 2 aromatic heterocycles. The quantitative estimate of drug-likeness (QED) is 0.592. The summed E-state index contributed by atoms with van der Waals surface area (Å²) in [7, 11) is 1.59. The van der Waals surface area contributed by atoms with Crippen LogP contribution in [0.15, 0.2) is 55.3 Å². The largest absolute Gasteiger partial charge is 0.493 e. The number of carbonyl (C=O) groups excluding carboxylic acids is 1. The maximum Gasteiger partial charge on any atom is 0.244 e. The van der Waals surface area contributed by atoms with E-state index in [1.807, 2.05) is 44.2 Å². The van der Waals surface area contributed by atoms with Gasteiger partial charge in [-0.25, -0.2) is 14.6 Å². The number of hydrogen-bond donors (Lipinski definition) is 1. The van der Waals surface area contributed by atoms with E-state index in [2.05, 4.69) is 20.4 Å². The monoisotopic (exact) mass is 393 g/mol. The molecule has 0 unspecified atom stereocenters. The minimum Gasteiger partial charge on any atom is -0.493 e. The Bertz CT molecular complexity index is 984. The Hall–Kier alpha value is -3.68. The predicted octanol–water partition coefficient (Wildman–Crippen LogP) is 2.79. The summed E-state index contributed by atoms with van der Waals surface area (Å²) in [5.74, 6) is 1.69. The Labute approximate surface area is 169 Å². The Morgan fingerprint density at radius 1 is 1.28 bits per heavy atom. The number of ether oxygens (including phenoxy) is 2. The molecular weight excluding hydrogens is 370 g/mol. The number of benzene rings is 1. The predicted molar refractivity (Wildman–Crippen MR) is 109 cm³/mol. The molecule has 0 radical (unpaired) electrons. The van der Waals surface area contributed by atoms with Crippen LogP contribution in [0.5, 0.6) is 11.5 Å². The maximum atomic E-state index is 12.2. The lowest BCUT2D eigenvalue weighted by Gasteiger charge is -2.13.